The zero-order chi connectivity index (χ0) is 14.8. The van der Waals surface area contributed by atoms with Crippen molar-refractivity contribution in [2.75, 3.05) is 33.3 Å². The van der Waals surface area contributed by atoms with Gasteiger partial charge in [-0.05, 0) is 32.7 Å². The third-order valence-electron chi connectivity index (χ3n) is 4.42. The average Bonchev–Trinajstić information content (AvgIpc) is 3.17. The smallest absolute Gasteiger partial charge is 0.251 e. The summed E-state index contributed by atoms with van der Waals surface area (Å²) in [4.78, 5) is 24.1. The Morgan fingerprint density at radius 3 is 3.00 bits per heavy atom. The molecule has 1 aromatic heterocycles. The van der Waals surface area contributed by atoms with Gasteiger partial charge in [0, 0.05) is 32.0 Å². The Bertz CT molecular complexity index is 472. The average molecular weight is 292 g/mol. The van der Waals surface area contributed by atoms with Crippen LogP contribution in [0.15, 0.2) is 12.4 Å². The highest BCUT2D eigenvalue weighted by Crippen LogP contribution is 2.29. The van der Waals surface area contributed by atoms with Crippen LogP contribution in [0, 0.1) is 5.92 Å². The fourth-order valence-electron chi connectivity index (χ4n) is 2.72. The van der Waals surface area contributed by atoms with Gasteiger partial charge in [-0.15, -0.1) is 0 Å². The molecule has 3 rings (SSSR count). The molecule has 1 amide bonds. The van der Waals surface area contributed by atoms with Gasteiger partial charge >= 0.3 is 0 Å². The molecule has 0 bridgehead atoms. The van der Waals surface area contributed by atoms with Gasteiger partial charge in [-0.2, -0.15) is 0 Å². The second-order valence-electron chi connectivity index (χ2n) is 6.17. The van der Waals surface area contributed by atoms with E-state index in [9.17, 15) is 4.79 Å². The van der Waals surface area contributed by atoms with Crippen LogP contribution in [0.1, 0.15) is 31.6 Å². The van der Waals surface area contributed by atoms with Gasteiger partial charge in [-0.1, -0.05) is 0 Å². The third-order valence-corrected chi connectivity index (χ3v) is 4.42. The molecular weight excluding hydrogens is 268 g/mol. The maximum Gasteiger partial charge on any atom is 0.251 e. The van der Waals surface area contributed by atoms with E-state index in [1.165, 1.54) is 12.8 Å². The maximum atomic E-state index is 12.5. The zero-order valence-electron chi connectivity index (χ0n) is 12.8. The number of rotatable bonds is 5. The minimum absolute atomic E-state index is 0.0975. The van der Waals surface area contributed by atoms with Gasteiger partial charge in [0.05, 0.1) is 12.6 Å². The van der Waals surface area contributed by atoms with Crippen molar-refractivity contribution in [1.82, 2.24) is 19.8 Å². The molecule has 2 heterocycles. The molecule has 2 atom stereocenters. The van der Waals surface area contributed by atoms with Gasteiger partial charge in [0.15, 0.2) is 0 Å². The van der Waals surface area contributed by atoms with Crippen molar-refractivity contribution >= 4 is 5.91 Å². The first kappa shape index (κ1) is 14.5. The zero-order valence-corrected chi connectivity index (χ0v) is 12.8. The molecule has 1 aromatic rings. The molecule has 0 aromatic carbocycles. The predicted octanol–water partition coefficient (Wildman–Crippen LogP) is 1.04. The molecule has 116 valence electrons. The number of likely N-dealkylation sites (N-methyl/N-ethyl adjacent to an activating group) is 1. The second kappa shape index (κ2) is 6.15. The van der Waals surface area contributed by atoms with Crippen LogP contribution in [0.5, 0.6) is 0 Å². The van der Waals surface area contributed by atoms with Gasteiger partial charge in [-0.25, -0.2) is 4.98 Å². The van der Waals surface area contributed by atoms with Crippen LogP contribution in [-0.4, -0.2) is 65.1 Å². The number of H-pyrrole nitrogens is 1. The molecule has 1 saturated heterocycles. The van der Waals surface area contributed by atoms with E-state index in [2.05, 4.69) is 21.9 Å². The number of aromatic amines is 1. The number of carbonyl (C=O) groups is 1. The number of hydrogen-bond acceptors (Lipinski definition) is 4. The SMILES string of the molecule is C[C@H](OCC1CC1)C(=O)N1CCN(C)[C@H](c2ncc[nH]2)C1. The van der Waals surface area contributed by atoms with Gasteiger partial charge in [-0.3, -0.25) is 9.69 Å². The van der Waals surface area contributed by atoms with E-state index >= 15 is 0 Å². The molecular formula is C15H24N4O2. The Labute approximate surface area is 125 Å². The van der Waals surface area contributed by atoms with Crippen molar-refractivity contribution in [3.05, 3.63) is 18.2 Å². The van der Waals surface area contributed by atoms with Gasteiger partial charge < -0.3 is 14.6 Å². The number of nitrogens with zero attached hydrogens (tertiary/aromatic N) is 3. The predicted molar refractivity (Wildman–Crippen MR) is 78.7 cm³/mol. The van der Waals surface area contributed by atoms with E-state index < -0.39 is 0 Å². The molecule has 6 heteroatoms. The van der Waals surface area contributed by atoms with E-state index in [0.717, 1.165) is 25.5 Å². The number of hydrogen-bond donors (Lipinski definition) is 1. The van der Waals surface area contributed by atoms with Gasteiger partial charge in [0.2, 0.25) is 0 Å². The Hall–Kier alpha value is -1.40. The summed E-state index contributed by atoms with van der Waals surface area (Å²) in [6, 6.07) is 0.133. The van der Waals surface area contributed by atoms with E-state index in [0.29, 0.717) is 12.5 Å². The molecule has 2 fully saturated rings. The van der Waals surface area contributed by atoms with Gasteiger partial charge in [0.1, 0.15) is 11.9 Å². The normalized spacial score (nSPS) is 25.0. The van der Waals surface area contributed by atoms with Crippen LogP contribution in [0.3, 0.4) is 0 Å². The number of ether oxygens (including phenoxy) is 1. The number of aromatic nitrogens is 2. The van der Waals surface area contributed by atoms with Crippen molar-refractivity contribution in [3.63, 3.8) is 0 Å². The van der Waals surface area contributed by atoms with Crippen LogP contribution in [0.4, 0.5) is 0 Å². The van der Waals surface area contributed by atoms with Crippen molar-refractivity contribution in [3.8, 4) is 0 Å². The van der Waals surface area contributed by atoms with Crippen molar-refractivity contribution in [2.24, 2.45) is 5.92 Å². The van der Waals surface area contributed by atoms with Crippen molar-refractivity contribution in [1.29, 1.82) is 0 Å². The Kier molecular flexibility index (Phi) is 4.26. The summed E-state index contributed by atoms with van der Waals surface area (Å²) in [5.41, 5.74) is 0. The quantitative estimate of drug-likeness (QED) is 0.881. The first-order valence-electron chi connectivity index (χ1n) is 7.75. The summed E-state index contributed by atoms with van der Waals surface area (Å²) in [6.07, 6.45) is 5.73. The molecule has 0 radical (unpaired) electrons. The molecule has 6 nitrogen and oxygen atoms in total. The molecule has 1 N–H and O–H groups in total. The fraction of sp³-hybridized carbons (Fsp3) is 0.733. The Morgan fingerprint density at radius 1 is 1.52 bits per heavy atom. The number of carbonyl (C=O) groups excluding carboxylic acids is 1. The lowest BCUT2D eigenvalue weighted by Crippen LogP contribution is -2.51. The van der Waals surface area contributed by atoms with E-state index in [4.69, 9.17) is 4.74 Å². The highest BCUT2D eigenvalue weighted by atomic mass is 16.5. The van der Waals surface area contributed by atoms with Crippen molar-refractivity contribution in [2.45, 2.75) is 31.9 Å². The minimum Gasteiger partial charge on any atom is -0.368 e. The monoisotopic (exact) mass is 292 g/mol. The Morgan fingerprint density at radius 2 is 2.33 bits per heavy atom. The van der Waals surface area contributed by atoms with Gasteiger partial charge in [0.25, 0.3) is 5.91 Å². The molecule has 1 aliphatic heterocycles. The van der Waals surface area contributed by atoms with Crippen LogP contribution in [-0.2, 0) is 9.53 Å². The van der Waals surface area contributed by atoms with Crippen molar-refractivity contribution < 1.29 is 9.53 Å². The summed E-state index contributed by atoms with van der Waals surface area (Å²) in [5.74, 6) is 1.70. The van der Waals surface area contributed by atoms with Crippen LogP contribution < -0.4 is 0 Å². The van der Waals surface area contributed by atoms with E-state index in [-0.39, 0.29) is 18.1 Å². The van der Waals surface area contributed by atoms with Crippen LogP contribution in [0.25, 0.3) is 0 Å². The summed E-state index contributed by atoms with van der Waals surface area (Å²) >= 11 is 0. The Balaban J connectivity index is 1.58. The summed E-state index contributed by atoms with van der Waals surface area (Å²) in [5, 5.41) is 0. The minimum atomic E-state index is -0.341. The summed E-state index contributed by atoms with van der Waals surface area (Å²) < 4.78 is 5.71. The highest BCUT2D eigenvalue weighted by molar-refractivity contribution is 5.80. The van der Waals surface area contributed by atoms with Crippen LogP contribution >= 0.6 is 0 Å². The molecule has 21 heavy (non-hydrogen) atoms. The number of amides is 1. The topological polar surface area (TPSA) is 61.5 Å². The largest absolute Gasteiger partial charge is 0.368 e. The lowest BCUT2D eigenvalue weighted by Gasteiger charge is -2.39. The molecule has 1 aliphatic carbocycles. The van der Waals surface area contributed by atoms with E-state index in [1.807, 2.05) is 18.0 Å². The number of nitrogens with one attached hydrogen (secondary N) is 1. The molecule has 0 spiro atoms. The second-order valence-corrected chi connectivity index (χ2v) is 6.17. The van der Waals surface area contributed by atoms with Crippen LogP contribution in [0.2, 0.25) is 0 Å². The first-order chi connectivity index (χ1) is 10.1. The maximum absolute atomic E-state index is 12.5. The van der Waals surface area contributed by atoms with E-state index in [1.54, 1.807) is 6.20 Å². The number of imidazole rings is 1. The molecule has 2 aliphatic rings. The molecule has 0 unspecified atom stereocenters. The molecule has 1 saturated carbocycles. The first-order valence-corrected chi connectivity index (χ1v) is 7.75. The summed E-state index contributed by atoms with van der Waals surface area (Å²) in [7, 11) is 2.07. The lowest BCUT2D eigenvalue weighted by molar-refractivity contribution is -0.145. The third kappa shape index (κ3) is 3.44. The number of piperazine rings is 1. The lowest BCUT2D eigenvalue weighted by atomic mass is 10.1. The standard InChI is InChI=1S/C15H24N4O2/c1-11(21-10-12-3-4-12)15(20)19-8-7-18(2)13(9-19)14-16-5-6-17-14/h5-6,11-13H,3-4,7-10H2,1-2H3,(H,16,17)/t11-,13-/m0/s1. The summed E-state index contributed by atoms with van der Waals surface area (Å²) in [6.45, 7) is 4.86. The fourth-order valence-corrected chi connectivity index (χ4v) is 2.72. The highest BCUT2D eigenvalue weighted by Gasteiger charge is 2.32.